The standard InChI is InChI=1S/C13H19NO/c15-9-5-4-8-14-10-13(11-14)12-6-2-1-3-7-12/h1-3,6-7,13,15H,4-5,8-11H2. The number of likely N-dealkylation sites (tertiary alicyclic amines) is 1. The molecular formula is C13H19NO. The summed E-state index contributed by atoms with van der Waals surface area (Å²) >= 11 is 0. The molecule has 0 amide bonds. The second kappa shape index (κ2) is 5.29. The van der Waals surface area contributed by atoms with Crippen molar-refractivity contribution < 1.29 is 5.11 Å². The first-order valence-corrected chi connectivity index (χ1v) is 5.78. The molecule has 15 heavy (non-hydrogen) atoms. The molecule has 0 aromatic heterocycles. The molecule has 1 aromatic carbocycles. The van der Waals surface area contributed by atoms with Crippen molar-refractivity contribution in [3.63, 3.8) is 0 Å². The van der Waals surface area contributed by atoms with E-state index in [1.807, 2.05) is 0 Å². The summed E-state index contributed by atoms with van der Waals surface area (Å²) in [6, 6.07) is 10.7. The van der Waals surface area contributed by atoms with Crippen molar-refractivity contribution in [2.75, 3.05) is 26.2 Å². The lowest BCUT2D eigenvalue weighted by Gasteiger charge is -2.39. The minimum Gasteiger partial charge on any atom is -0.396 e. The van der Waals surface area contributed by atoms with Crippen LogP contribution in [0.3, 0.4) is 0 Å². The zero-order chi connectivity index (χ0) is 10.5. The fraction of sp³-hybridized carbons (Fsp3) is 0.538. The average Bonchev–Trinajstić information content (AvgIpc) is 2.23. The number of hydrogen-bond acceptors (Lipinski definition) is 2. The minimum atomic E-state index is 0.329. The van der Waals surface area contributed by atoms with Crippen molar-refractivity contribution in [2.45, 2.75) is 18.8 Å². The van der Waals surface area contributed by atoms with Crippen molar-refractivity contribution >= 4 is 0 Å². The van der Waals surface area contributed by atoms with E-state index in [4.69, 9.17) is 5.11 Å². The summed E-state index contributed by atoms with van der Waals surface area (Å²) in [6.45, 7) is 3.85. The molecule has 1 aromatic rings. The molecule has 1 aliphatic rings. The van der Waals surface area contributed by atoms with Crippen molar-refractivity contribution in [1.82, 2.24) is 4.90 Å². The number of nitrogens with zero attached hydrogens (tertiary/aromatic N) is 1. The maximum atomic E-state index is 8.68. The molecule has 0 bridgehead atoms. The van der Waals surface area contributed by atoms with E-state index in [0.29, 0.717) is 6.61 Å². The van der Waals surface area contributed by atoms with Gasteiger partial charge in [-0.2, -0.15) is 0 Å². The predicted molar refractivity (Wildman–Crippen MR) is 61.9 cm³/mol. The van der Waals surface area contributed by atoms with E-state index in [1.54, 1.807) is 0 Å². The topological polar surface area (TPSA) is 23.5 Å². The monoisotopic (exact) mass is 205 g/mol. The SMILES string of the molecule is OCCCCN1CC(c2ccccc2)C1. The van der Waals surface area contributed by atoms with Crippen LogP contribution in [0.15, 0.2) is 30.3 Å². The molecule has 0 radical (unpaired) electrons. The van der Waals surface area contributed by atoms with Gasteiger partial charge in [0, 0.05) is 25.6 Å². The zero-order valence-electron chi connectivity index (χ0n) is 9.10. The van der Waals surface area contributed by atoms with Crippen LogP contribution in [0.25, 0.3) is 0 Å². The molecule has 2 nitrogen and oxygen atoms in total. The molecule has 1 fully saturated rings. The summed E-state index contributed by atoms with van der Waals surface area (Å²) in [6.07, 6.45) is 2.06. The summed E-state index contributed by atoms with van der Waals surface area (Å²) in [4.78, 5) is 2.47. The van der Waals surface area contributed by atoms with Gasteiger partial charge in [-0.15, -0.1) is 0 Å². The van der Waals surface area contributed by atoms with Crippen molar-refractivity contribution in [3.8, 4) is 0 Å². The molecular weight excluding hydrogens is 186 g/mol. The highest BCUT2D eigenvalue weighted by molar-refractivity contribution is 5.22. The molecule has 0 aliphatic carbocycles. The lowest BCUT2D eigenvalue weighted by molar-refractivity contribution is 0.141. The van der Waals surface area contributed by atoms with Crippen molar-refractivity contribution in [3.05, 3.63) is 35.9 Å². The molecule has 1 saturated heterocycles. The molecule has 82 valence electrons. The van der Waals surface area contributed by atoms with Gasteiger partial charge in [0.15, 0.2) is 0 Å². The van der Waals surface area contributed by atoms with E-state index < -0.39 is 0 Å². The van der Waals surface area contributed by atoms with E-state index in [0.717, 1.165) is 25.3 Å². The van der Waals surface area contributed by atoms with Crippen LogP contribution in [-0.2, 0) is 0 Å². The van der Waals surface area contributed by atoms with Crippen molar-refractivity contribution in [1.29, 1.82) is 0 Å². The molecule has 1 heterocycles. The van der Waals surface area contributed by atoms with Gasteiger partial charge in [0.2, 0.25) is 0 Å². The van der Waals surface area contributed by atoms with Crippen LogP contribution in [0.4, 0.5) is 0 Å². The van der Waals surface area contributed by atoms with Crippen LogP contribution in [-0.4, -0.2) is 36.2 Å². The quantitative estimate of drug-likeness (QED) is 0.742. The van der Waals surface area contributed by atoms with Gasteiger partial charge >= 0.3 is 0 Å². The van der Waals surface area contributed by atoms with Gasteiger partial charge in [-0.25, -0.2) is 0 Å². The molecule has 2 heteroatoms. The smallest absolute Gasteiger partial charge is 0.0431 e. The fourth-order valence-corrected chi connectivity index (χ4v) is 2.14. The first kappa shape index (κ1) is 10.7. The molecule has 0 unspecified atom stereocenters. The summed E-state index contributed by atoms with van der Waals surface area (Å²) in [7, 11) is 0. The van der Waals surface area contributed by atoms with Crippen LogP contribution in [0.5, 0.6) is 0 Å². The number of hydrogen-bond donors (Lipinski definition) is 1. The second-order valence-electron chi connectivity index (χ2n) is 4.30. The normalized spacial score (nSPS) is 17.7. The summed E-state index contributed by atoms with van der Waals surface area (Å²) in [5, 5.41) is 8.68. The summed E-state index contributed by atoms with van der Waals surface area (Å²) in [5.41, 5.74) is 1.47. The lowest BCUT2D eigenvalue weighted by atomic mass is 9.91. The Morgan fingerprint density at radius 3 is 2.53 bits per heavy atom. The molecule has 0 spiro atoms. The molecule has 1 N–H and O–H groups in total. The molecule has 0 atom stereocenters. The van der Waals surface area contributed by atoms with Gasteiger partial charge in [0.25, 0.3) is 0 Å². The van der Waals surface area contributed by atoms with Gasteiger partial charge in [0.05, 0.1) is 0 Å². The van der Waals surface area contributed by atoms with Crippen LogP contribution < -0.4 is 0 Å². The van der Waals surface area contributed by atoms with E-state index in [1.165, 1.54) is 18.7 Å². The van der Waals surface area contributed by atoms with Crippen LogP contribution in [0.1, 0.15) is 24.3 Å². The third-order valence-electron chi connectivity index (χ3n) is 3.11. The zero-order valence-corrected chi connectivity index (χ0v) is 9.10. The first-order chi connectivity index (χ1) is 7.40. The second-order valence-corrected chi connectivity index (χ2v) is 4.30. The van der Waals surface area contributed by atoms with E-state index in [2.05, 4.69) is 35.2 Å². The fourth-order valence-electron chi connectivity index (χ4n) is 2.14. The maximum absolute atomic E-state index is 8.68. The third-order valence-corrected chi connectivity index (χ3v) is 3.11. The number of aliphatic hydroxyl groups excluding tert-OH is 1. The summed E-state index contributed by atoms with van der Waals surface area (Å²) < 4.78 is 0. The Labute approximate surface area is 91.5 Å². The number of unbranched alkanes of at least 4 members (excludes halogenated alkanes) is 1. The minimum absolute atomic E-state index is 0.329. The Morgan fingerprint density at radius 1 is 1.13 bits per heavy atom. The Bertz CT molecular complexity index is 280. The highest BCUT2D eigenvalue weighted by atomic mass is 16.2. The lowest BCUT2D eigenvalue weighted by Crippen LogP contribution is -2.45. The number of benzene rings is 1. The van der Waals surface area contributed by atoms with Gasteiger partial charge in [-0.3, -0.25) is 0 Å². The molecule has 0 saturated carbocycles. The maximum Gasteiger partial charge on any atom is 0.0431 e. The average molecular weight is 205 g/mol. The number of rotatable bonds is 5. The molecule has 1 aliphatic heterocycles. The third kappa shape index (κ3) is 2.80. The van der Waals surface area contributed by atoms with E-state index in [9.17, 15) is 0 Å². The largest absolute Gasteiger partial charge is 0.396 e. The Kier molecular flexibility index (Phi) is 3.75. The predicted octanol–water partition coefficient (Wildman–Crippen LogP) is 1.86. The number of aliphatic hydroxyl groups is 1. The Balaban J connectivity index is 1.70. The van der Waals surface area contributed by atoms with Gasteiger partial charge in [-0.05, 0) is 24.9 Å². The summed E-state index contributed by atoms with van der Waals surface area (Å²) in [5.74, 6) is 0.736. The Morgan fingerprint density at radius 2 is 1.87 bits per heavy atom. The molecule has 2 rings (SSSR count). The van der Waals surface area contributed by atoms with E-state index >= 15 is 0 Å². The van der Waals surface area contributed by atoms with Gasteiger partial charge < -0.3 is 10.0 Å². The van der Waals surface area contributed by atoms with Crippen LogP contribution in [0, 0.1) is 0 Å². The highest BCUT2D eigenvalue weighted by Gasteiger charge is 2.26. The highest BCUT2D eigenvalue weighted by Crippen LogP contribution is 2.26. The van der Waals surface area contributed by atoms with Gasteiger partial charge in [0.1, 0.15) is 0 Å². The van der Waals surface area contributed by atoms with Gasteiger partial charge in [-0.1, -0.05) is 30.3 Å². The first-order valence-electron chi connectivity index (χ1n) is 5.78. The van der Waals surface area contributed by atoms with Crippen LogP contribution >= 0.6 is 0 Å². The van der Waals surface area contributed by atoms with Crippen molar-refractivity contribution in [2.24, 2.45) is 0 Å². The van der Waals surface area contributed by atoms with E-state index in [-0.39, 0.29) is 0 Å². The Hall–Kier alpha value is -0.860. The van der Waals surface area contributed by atoms with Crippen LogP contribution in [0.2, 0.25) is 0 Å².